The summed E-state index contributed by atoms with van der Waals surface area (Å²) in [7, 11) is 0. The Morgan fingerprint density at radius 1 is 0.979 bits per heavy atom. The number of aromatic nitrogens is 2. The van der Waals surface area contributed by atoms with Crippen LogP contribution in [0.3, 0.4) is 0 Å². The molecule has 2 aliphatic rings. The molecule has 0 saturated carbocycles. The molecule has 11 heteroatoms. The van der Waals surface area contributed by atoms with Gasteiger partial charge in [0.25, 0.3) is 11.8 Å². The van der Waals surface area contributed by atoms with Crippen LogP contribution in [-0.2, 0) is 6.54 Å². The smallest absolute Gasteiger partial charge is 0.255 e. The first-order valence-corrected chi connectivity index (χ1v) is 15.2. The maximum absolute atomic E-state index is 15.7. The molecule has 2 amide bonds. The number of nitrogens with one attached hydrogen (secondary N) is 2. The Bertz CT molecular complexity index is 2090. The van der Waals surface area contributed by atoms with E-state index < -0.39 is 35.3 Å². The van der Waals surface area contributed by atoms with E-state index >= 15 is 8.78 Å². The van der Waals surface area contributed by atoms with Crippen LogP contribution in [0.25, 0.3) is 22.2 Å². The van der Waals surface area contributed by atoms with Crippen molar-refractivity contribution in [2.45, 2.75) is 19.0 Å². The van der Waals surface area contributed by atoms with Gasteiger partial charge in [-0.25, -0.2) is 18.2 Å². The molecule has 7 rings (SSSR count). The Morgan fingerprint density at radius 3 is 2.53 bits per heavy atom. The number of hydrogen-bond donors (Lipinski definition) is 3. The molecule has 0 spiro atoms. The van der Waals surface area contributed by atoms with Crippen LogP contribution >= 0.6 is 0 Å². The minimum Gasteiger partial charge on any atom is -0.369 e. The molecule has 1 atom stereocenters. The SMILES string of the molecule is NC(=O)c1cnc2[nH]ccc2c1C#CCC(c1cc(F)ccc1F)N1Cc2c(F)cc(-c3ccc(N4CCNCC4)cc3)cc2C1=O. The summed E-state index contributed by atoms with van der Waals surface area (Å²) in [5.74, 6) is 2.64. The summed E-state index contributed by atoms with van der Waals surface area (Å²) in [5.41, 5.74) is 9.04. The molecule has 0 aliphatic carbocycles. The van der Waals surface area contributed by atoms with Crippen molar-refractivity contribution in [3.63, 3.8) is 0 Å². The molecule has 1 fully saturated rings. The van der Waals surface area contributed by atoms with Crippen LogP contribution in [-0.4, -0.2) is 52.9 Å². The number of nitrogens with two attached hydrogens (primary N) is 1. The summed E-state index contributed by atoms with van der Waals surface area (Å²) in [4.78, 5) is 36.8. The zero-order valence-corrected chi connectivity index (χ0v) is 25.1. The molecule has 3 aromatic carbocycles. The minimum atomic E-state index is -1.07. The Morgan fingerprint density at radius 2 is 1.77 bits per heavy atom. The number of hydrogen-bond acceptors (Lipinski definition) is 5. The number of nitrogens with zero attached hydrogens (tertiary/aromatic N) is 3. The first kappa shape index (κ1) is 30.1. The predicted octanol–water partition coefficient (Wildman–Crippen LogP) is 5.29. The normalized spacial score (nSPS) is 15.0. The number of anilines is 1. The molecule has 5 aromatic rings. The number of primary amides is 1. The van der Waals surface area contributed by atoms with E-state index in [-0.39, 0.29) is 35.2 Å². The summed E-state index contributed by atoms with van der Waals surface area (Å²) in [6, 6.07) is 14.4. The second kappa shape index (κ2) is 12.3. The quantitative estimate of drug-likeness (QED) is 0.220. The van der Waals surface area contributed by atoms with E-state index in [0.29, 0.717) is 22.2 Å². The van der Waals surface area contributed by atoms with Crippen molar-refractivity contribution in [1.29, 1.82) is 0 Å². The van der Waals surface area contributed by atoms with Crippen molar-refractivity contribution in [3.8, 4) is 23.0 Å². The fraction of sp³-hybridized carbons (Fsp3) is 0.194. The van der Waals surface area contributed by atoms with Gasteiger partial charge in [-0.15, -0.1) is 0 Å². The lowest BCUT2D eigenvalue weighted by molar-refractivity contribution is 0.0700. The second-order valence-corrected chi connectivity index (χ2v) is 11.5. The number of piperazine rings is 1. The molecule has 0 radical (unpaired) electrons. The van der Waals surface area contributed by atoms with Gasteiger partial charge in [0.2, 0.25) is 0 Å². The van der Waals surface area contributed by atoms with Crippen LogP contribution in [0.5, 0.6) is 0 Å². The first-order valence-electron chi connectivity index (χ1n) is 15.2. The summed E-state index contributed by atoms with van der Waals surface area (Å²) >= 11 is 0. The van der Waals surface area contributed by atoms with Crippen LogP contribution in [0.4, 0.5) is 18.9 Å². The highest BCUT2D eigenvalue weighted by atomic mass is 19.1. The van der Waals surface area contributed by atoms with E-state index in [1.807, 2.05) is 24.3 Å². The zero-order chi connectivity index (χ0) is 32.7. The molecule has 4 N–H and O–H groups in total. The third kappa shape index (κ3) is 5.68. The average Bonchev–Trinajstić information content (AvgIpc) is 3.70. The number of benzene rings is 3. The molecular weight excluding hydrogens is 605 g/mol. The predicted molar refractivity (Wildman–Crippen MR) is 172 cm³/mol. The van der Waals surface area contributed by atoms with E-state index in [2.05, 4.69) is 32.0 Å². The Kier molecular flexibility index (Phi) is 7.87. The minimum absolute atomic E-state index is 0.0957. The van der Waals surface area contributed by atoms with Crippen molar-refractivity contribution in [3.05, 3.63) is 118 Å². The van der Waals surface area contributed by atoms with Crippen molar-refractivity contribution >= 4 is 28.5 Å². The van der Waals surface area contributed by atoms with Gasteiger partial charge >= 0.3 is 0 Å². The van der Waals surface area contributed by atoms with Gasteiger partial charge in [0.05, 0.1) is 18.2 Å². The van der Waals surface area contributed by atoms with Crippen LogP contribution in [0.2, 0.25) is 0 Å². The number of rotatable bonds is 6. The Balaban J connectivity index is 1.22. The van der Waals surface area contributed by atoms with E-state index in [1.165, 1.54) is 17.2 Å². The number of carbonyl (C=O) groups is 2. The van der Waals surface area contributed by atoms with E-state index in [9.17, 15) is 14.0 Å². The summed E-state index contributed by atoms with van der Waals surface area (Å²) in [5, 5.41) is 3.89. The lowest BCUT2D eigenvalue weighted by Crippen LogP contribution is -2.43. The third-order valence-electron chi connectivity index (χ3n) is 8.75. The van der Waals surface area contributed by atoms with Crippen LogP contribution in [0.15, 0.2) is 73.1 Å². The topological polar surface area (TPSA) is 107 Å². The van der Waals surface area contributed by atoms with Gasteiger partial charge in [0, 0.05) is 78.3 Å². The summed E-state index contributed by atoms with van der Waals surface area (Å²) in [6.07, 6.45) is 2.81. The first-order chi connectivity index (χ1) is 22.8. The van der Waals surface area contributed by atoms with Crippen molar-refractivity contribution in [2.24, 2.45) is 5.73 Å². The number of H-pyrrole nitrogens is 1. The second-order valence-electron chi connectivity index (χ2n) is 11.5. The average molecular weight is 635 g/mol. The monoisotopic (exact) mass is 634 g/mol. The van der Waals surface area contributed by atoms with E-state index in [1.54, 1.807) is 18.3 Å². The molecule has 236 valence electrons. The highest BCUT2D eigenvalue weighted by Crippen LogP contribution is 2.38. The van der Waals surface area contributed by atoms with Crippen LogP contribution in [0.1, 0.15) is 49.9 Å². The molecule has 1 saturated heterocycles. The highest BCUT2D eigenvalue weighted by Gasteiger charge is 2.36. The van der Waals surface area contributed by atoms with E-state index in [0.717, 1.165) is 55.6 Å². The molecule has 0 bridgehead atoms. The van der Waals surface area contributed by atoms with Crippen molar-refractivity contribution < 1.29 is 22.8 Å². The number of fused-ring (bicyclic) bond motifs is 2. The van der Waals surface area contributed by atoms with Gasteiger partial charge in [-0.3, -0.25) is 9.59 Å². The molecule has 1 unspecified atom stereocenters. The fourth-order valence-electron chi connectivity index (χ4n) is 6.31. The van der Waals surface area contributed by atoms with E-state index in [4.69, 9.17) is 5.73 Å². The van der Waals surface area contributed by atoms with Gasteiger partial charge < -0.3 is 25.8 Å². The van der Waals surface area contributed by atoms with Crippen LogP contribution < -0.4 is 16.0 Å². The van der Waals surface area contributed by atoms with Crippen molar-refractivity contribution in [1.82, 2.24) is 20.2 Å². The lowest BCUT2D eigenvalue weighted by atomic mass is 9.99. The maximum Gasteiger partial charge on any atom is 0.255 e. The Hall–Kier alpha value is -5.60. The molecule has 4 heterocycles. The fourth-order valence-corrected chi connectivity index (χ4v) is 6.31. The molecule has 2 aliphatic heterocycles. The number of halogens is 3. The van der Waals surface area contributed by atoms with Gasteiger partial charge in [-0.2, -0.15) is 0 Å². The number of amides is 2. The largest absolute Gasteiger partial charge is 0.369 e. The molecular formula is C36H29F3N6O2. The van der Waals surface area contributed by atoms with Gasteiger partial charge in [-0.05, 0) is 59.7 Å². The van der Waals surface area contributed by atoms with Gasteiger partial charge in [0.15, 0.2) is 0 Å². The van der Waals surface area contributed by atoms with Crippen molar-refractivity contribution in [2.75, 3.05) is 31.1 Å². The standard InChI is InChI=1S/C36H29F3N6O2/c37-23-6-9-31(38)28(18-23)33(3-1-2-25-26-10-11-42-35(26)43-19-29(25)34(40)46)45-20-30-27(36(45)47)16-22(17-32(30)39)21-4-7-24(8-5-21)44-14-12-41-13-15-44/h4-11,16-19,33,41H,3,12-15,20H2,(H2,40,46)(H,42,43). The summed E-state index contributed by atoms with van der Waals surface area (Å²) in [6.45, 7) is 3.42. The van der Waals surface area contributed by atoms with Gasteiger partial charge in [0.1, 0.15) is 23.1 Å². The van der Waals surface area contributed by atoms with Crippen LogP contribution in [0, 0.1) is 29.3 Å². The summed E-state index contributed by atoms with van der Waals surface area (Å²) < 4.78 is 45.3. The third-order valence-corrected chi connectivity index (χ3v) is 8.75. The lowest BCUT2D eigenvalue weighted by Gasteiger charge is -2.29. The zero-order valence-electron chi connectivity index (χ0n) is 25.1. The van der Waals surface area contributed by atoms with Gasteiger partial charge in [-0.1, -0.05) is 24.0 Å². The maximum atomic E-state index is 15.7. The molecule has 8 nitrogen and oxygen atoms in total. The number of pyridine rings is 1. The number of carbonyl (C=O) groups excluding carboxylic acids is 2. The Labute approximate surface area is 268 Å². The highest BCUT2D eigenvalue weighted by molar-refractivity contribution is 6.01. The molecule has 47 heavy (non-hydrogen) atoms. The number of aromatic amines is 1. The molecule has 2 aromatic heterocycles.